The number of aliphatic hydroxyl groups is 1. The number of nitrogens with zero attached hydrogens (tertiary/aromatic N) is 2. The van der Waals surface area contributed by atoms with Gasteiger partial charge < -0.3 is 15.0 Å². The molecule has 5 nitrogen and oxygen atoms in total. The van der Waals surface area contributed by atoms with Crippen LogP contribution in [0.5, 0.6) is 0 Å². The van der Waals surface area contributed by atoms with Crippen LogP contribution in [-0.2, 0) is 11.3 Å². The second-order valence-electron chi connectivity index (χ2n) is 5.52. The first-order chi connectivity index (χ1) is 10.1. The molecule has 0 bridgehead atoms. The van der Waals surface area contributed by atoms with Gasteiger partial charge in [0.25, 0.3) is 0 Å². The average Bonchev–Trinajstić information content (AvgIpc) is 2.84. The molecule has 0 saturated carbocycles. The topological polar surface area (TPSA) is 67.2 Å². The van der Waals surface area contributed by atoms with Gasteiger partial charge in [-0.05, 0) is 37.6 Å². The number of nitrogens with one attached hydrogen (secondary N) is 1. The maximum Gasteiger partial charge on any atom is 0.154 e. The zero-order valence-corrected chi connectivity index (χ0v) is 13.2. The smallest absolute Gasteiger partial charge is 0.154 e. The molecule has 1 saturated heterocycles. The molecule has 2 N–H and O–H groups in total. The van der Waals surface area contributed by atoms with Gasteiger partial charge in [0.1, 0.15) is 0 Å². The molecule has 0 amide bonds. The number of fused-ring (bicyclic) bond motifs is 1. The first-order valence-electron chi connectivity index (χ1n) is 7.17. The van der Waals surface area contributed by atoms with Crippen molar-refractivity contribution in [3.05, 3.63) is 29.0 Å². The third-order valence-corrected chi connectivity index (χ3v) is 4.42. The summed E-state index contributed by atoms with van der Waals surface area (Å²) in [5.41, 5.74) is 1.82. The highest BCUT2D eigenvalue weighted by Crippen LogP contribution is 2.19. The number of carbonyl (C=O) groups is 1. The van der Waals surface area contributed by atoms with Gasteiger partial charge >= 0.3 is 0 Å². The van der Waals surface area contributed by atoms with E-state index in [-0.39, 0.29) is 18.4 Å². The third kappa shape index (κ3) is 3.33. The summed E-state index contributed by atoms with van der Waals surface area (Å²) in [6.07, 6.45) is 3.36. The van der Waals surface area contributed by atoms with Crippen LogP contribution in [0.15, 0.2) is 29.0 Å². The van der Waals surface area contributed by atoms with Crippen LogP contribution in [-0.4, -0.2) is 39.1 Å². The van der Waals surface area contributed by atoms with Crippen molar-refractivity contribution < 1.29 is 9.90 Å². The van der Waals surface area contributed by atoms with E-state index in [1.165, 1.54) is 0 Å². The highest BCUT2D eigenvalue weighted by atomic mass is 79.9. The largest absolute Gasteiger partial charge is 0.391 e. The predicted octanol–water partition coefficient (Wildman–Crippen LogP) is 1.87. The molecule has 2 heterocycles. The summed E-state index contributed by atoms with van der Waals surface area (Å²) in [6.45, 7) is 1.16. The molecule has 1 aliphatic heterocycles. The van der Waals surface area contributed by atoms with Gasteiger partial charge in [0, 0.05) is 16.9 Å². The van der Waals surface area contributed by atoms with Crippen LogP contribution in [0.4, 0.5) is 0 Å². The van der Waals surface area contributed by atoms with Gasteiger partial charge in [-0.1, -0.05) is 15.9 Å². The first kappa shape index (κ1) is 14.7. The van der Waals surface area contributed by atoms with Crippen LogP contribution in [0, 0.1) is 0 Å². The van der Waals surface area contributed by atoms with Gasteiger partial charge in [0.05, 0.1) is 30.0 Å². The maximum absolute atomic E-state index is 12.2. The summed E-state index contributed by atoms with van der Waals surface area (Å²) in [5.74, 6) is 0.104. The fourth-order valence-corrected chi connectivity index (χ4v) is 3.15. The molecule has 3 rings (SSSR count). The van der Waals surface area contributed by atoms with E-state index in [2.05, 4.69) is 26.2 Å². The Hall–Kier alpha value is -1.24. The predicted molar refractivity (Wildman–Crippen MR) is 84.1 cm³/mol. The summed E-state index contributed by atoms with van der Waals surface area (Å²) in [4.78, 5) is 16.5. The van der Waals surface area contributed by atoms with E-state index in [1.54, 1.807) is 6.33 Å². The number of carbonyl (C=O) groups excluding carboxylic acids is 1. The molecule has 6 heteroatoms. The summed E-state index contributed by atoms with van der Waals surface area (Å²) < 4.78 is 2.83. The van der Waals surface area contributed by atoms with Crippen LogP contribution in [0.1, 0.15) is 19.3 Å². The fourth-order valence-electron chi connectivity index (χ4n) is 2.80. The van der Waals surface area contributed by atoms with E-state index < -0.39 is 6.10 Å². The van der Waals surface area contributed by atoms with Gasteiger partial charge in [-0.2, -0.15) is 0 Å². The average molecular weight is 352 g/mol. The minimum atomic E-state index is -0.420. The number of aromatic nitrogens is 2. The van der Waals surface area contributed by atoms with Crippen molar-refractivity contribution in [3.8, 4) is 0 Å². The van der Waals surface area contributed by atoms with Gasteiger partial charge in [-0.25, -0.2) is 4.98 Å². The number of imidazole rings is 1. The molecule has 2 atom stereocenters. The quantitative estimate of drug-likeness (QED) is 0.882. The van der Waals surface area contributed by atoms with Crippen molar-refractivity contribution in [2.24, 2.45) is 0 Å². The van der Waals surface area contributed by atoms with Crippen molar-refractivity contribution >= 4 is 32.7 Å². The molecule has 112 valence electrons. The summed E-state index contributed by atoms with van der Waals surface area (Å²) in [7, 11) is 0. The molecule has 0 unspecified atom stereocenters. The van der Waals surface area contributed by atoms with Crippen molar-refractivity contribution in [3.63, 3.8) is 0 Å². The van der Waals surface area contributed by atoms with Crippen LogP contribution in [0.2, 0.25) is 0 Å². The molecular formula is C15H18BrN3O2. The monoisotopic (exact) mass is 351 g/mol. The number of hydrogen-bond acceptors (Lipinski definition) is 4. The molecule has 2 aromatic rings. The second-order valence-corrected chi connectivity index (χ2v) is 6.43. The normalized spacial score (nSPS) is 22.6. The third-order valence-electron chi connectivity index (χ3n) is 3.93. The van der Waals surface area contributed by atoms with Crippen molar-refractivity contribution in [2.75, 3.05) is 6.54 Å². The molecule has 1 aromatic heterocycles. The number of aliphatic hydroxyl groups excluding tert-OH is 1. The van der Waals surface area contributed by atoms with Crippen LogP contribution in [0.3, 0.4) is 0 Å². The SMILES string of the molecule is O=C(C[C@H]1NCCC[C@@H]1O)Cn1cnc2ccc(Br)cc21. The summed E-state index contributed by atoms with van der Waals surface area (Å²) >= 11 is 3.44. The molecule has 21 heavy (non-hydrogen) atoms. The minimum Gasteiger partial charge on any atom is -0.391 e. The standard InChI is InChI=1S/C15H18BrN3O2/c16-10-3-4-12-14(6-10)19(9-18-12)8-11(20)7-13-15(21)2-1-5-17-13/h3-4,6,9,13,15,17,21H,1-2,5,7-8H2/t13-,15+/m1/s1. The van der Waals surface area contributed by atoms with Crippen molar-refractivity contribution in [1.29, 1.82) is 0 Å². The molecular weight excluding hydrogens is 334 g/mol. The number of rotatable bonds is 4. The van der Waals surface area contributed by atoms with E-state index >= 15 is 0 Å². The lowest BCUT2D eigenvalue weighted by molar-refractivity contribution is -0.121. The van der Waals surface area contributed by atoms with E-state index in [0.29, 0.717) is 6.42 Å². The van der Waals surface area contributed by atoms with Gasteiger partial charge in [-0.3, -0.25) is 4.79 Å². The molecule has 0 radical (unpaired) electrons. The number of hydrogen-bond donors (Lipinski definition) is 2. The number of halogens is 1. The molecule has 0 spiro atoms. The highest BCUT2D eigenvalue weighted by molar-refractivity contribution is 9.10. The molecule has 1 aliphatic rings. The molecule has 1 fully saturated rings. The lowest BCUT2D eigenvalue weighted by atomic mass is 9.97. The lowest BCUT2D eigenvalue weighted by Gasteiger charge is -2.28. The Morgan fingerprint density at radius 2 is 2.38 bits per heavy atom. The Morgan fingerprint density at radius 3 is 3.19 bits per heavy atom. The van der Waals surface area contributed by atoms with E-state index in [9.17, 15) is 9.90 Å². The number of piperidine rings is 1. The highest BCUT2D eigenvalue weighted by Gasteiger charge is 2.24. The van der Waals surface area contributed by atoms with E-state index in [0.717, 1.165) is 34.9 Å². The Morgan fingerprint density at radius 1 is 1.52 bits per heavy atom. The van der Waals surface area contributed by atoms with Crippen molar-refractivity contribution in [1.82, 2.24) is 14.9 Å². The van der Waals surface area contributed by atoms with Crippen LogP contribution >= 0.6 is 15.9 Å². The Balaban J connectivity index is 1.70. The Kier molecular flexibility index (Phi) is 4.37. The molecule has 1 aromatic carbocycles. The van der Waals surface area contributed by atoms with E-state index in [4.69, 9.17) is 0 Å². The van der Waals surface area contributed by atoms with Gasteiger partial charge in [0.2, 0.25) is 0 Å². The lowest BCUT2D eigenvalue weighted by Crippen LogP contribution is -2.46. The number of benzene rings is 1. The minimum absolute atomic E-state index is 0.104. The summed E-state index contributed by atoms with van der Waals surface area (Å²) in [6, 6.07) is 5.70. The van der Waals surface area contributed by atoms with Gasteiger partial charge in [-0.15, -0.1) is 0 Å². The van der Waals surface area contributed by atoms with Crippen molar-refractivity contribution in [2.45, 2.75) is 38.0 Å². The number of ketones is 1. The Bertz CT molecular complexity index is 655. The van der Waals surface area contributed by atoms with Crippen LogP contribution in [0.25, 0.3) is 11.0 Å². The zero-order chi connectivity index (χ0) is 14.8. The Labute approximate surface area is 131 Å². The van der Waals surface area contributed by atoms with E-state index in [1.807, 2.05) is 22.8 Å². The molecule has 0 aliphatic carbocycles. The van der Waals surface area contributed by atoms with Crippen LogP contribution < -0.4 is 5.32 Å². The zero-order valence-electron chi connectivity index (χ0n) is 11.6. The first-order valence-corrected chi connectivity index (χ1v) is 7.96. The second kappa shape index (κ2) is 6.25. The van der Waals surface area contributed by atoms with Gasteiger partial charge in [0.15, 0.2) is 5.78 Å². The fraction of sp³-hybridized carbons (Fsp3) is 0.467. The number of Topliss-reactive ketones (excluding diaryl/α,β-unsaturated/α-hetero) is 1. The summed E-state index contributed by atoms with van der Waals surface area (Å²) in [5, 5.41) is 13.1. The maximum atomic E-state index is 12.2.